The van der Waals surface area contributed by atoms with E-state index in [0.29, 0.717) is 0 Å². The number of benzene rings is 1. The summed E-state index contributed by atoms with van der Waals surface area (Å²) in [5.41, 5.74) is 0. The number of ether oxygens (including phenoxy) is 1. The quantitative estimate of drug-likeness (QED) is 0.563. The molecule has 0 aliphatic heterocycles. The van der Waals surface area contributed by atoms with Gasteiger partial charge in [0.05, 0.1) is 4.90 Å². The highest BCUT2D eigenvalue weighted by Crippen LogP contribution is 2.13. The monoisotopic (exact) mass is 216 g/mol. The van der Waals surface area contributed by atoms with Gasteiger partial charge in [-0.15, -0.1) is 0 Å². The Morgan fingerprint density at radius 1 is 1.21 bits per heavy atom. The summed E-state index contributed by atoms with van der Waals surface area (Å²) in [5, 5.41) is 0. The lowest BCUT2D eigenvalue weighted by molar-refractivity contribution is -0.0336. The maximum Gasteiger partial charge on any atom is 0.299 e. The maximum atomic E-state index is 11.5. The standard InChI is InChI=1S/C9H12O4S/c1-8(12-2)13-14(10,11)9-6-4-3-5-7-9/h3-8H,1-2H3. The van der Waals surface area contributed by atoms with Gasteiger partial charge in [-0.1, -0.05) is 18.2 Å². The predicted molar refractivity (Wildman–Crippen MR) is 51.2 cm³/mol. The average Bonchev–Trinajstić information content (AvgIpc) is 2.18. The van der Waals surface area contributed by atoms with E-state index in [1.54, 1.807) is 18.2 Å². The van der Waals surface area contributed by atoms with E-state index in [1.165, 1.54) is 26.2 Å². The van der Waals surface area contributed by atoms with Gasteiger partial charge in [-0.2, -0.15) is 8.42 Å². The molecule has 0 saturated heterocycles. The van der Waals surface area contributed by atoms with Gasteiger partial charge in [-0.25, -0.2) is 4.18 Å². The molecule has 1 aromatic rings. The van der Waals surface area contributed by atoms with Crippen LogP contribution in [-0.2, 0) is 19.0 Å². The molecule has 0 radical (unpaired) electrons. The van der Waals surface area contributed by atoms with E-state index in [0.717, 1.165) is 0 Å². The van der Waals surface area contributed by atoms with Crippen LogP contribution in [0.5, 0.6) is 0 Å². The summed E-state index contributed by atoms with van der Waals surface area (Å²) in [4.78, 5) is 0.129. The van der Waals surface area contributed by atoms with Crippen LogP contribution in [0.25, 0.3) is 0 Å². The molecule has 0 aliphatic rings. The number of hydrogen-bond acceptors (Lipinski definition) is 4. The van der Waals surface area contributed by atoms with E-state index in [2.05, 4.69) is 0 Å². The van der Waals surface area contributed by atoms with Crippen molar-refractivity contribution < 1.29 is 17.3 Å². The fourth-order valence-electron chi connectivity index (χ4n) is 0.860. The zero-order valence-electron chi connectivity index (χ0n) is 8.01. The molecule has 1 aromatic carbocycles. The van der Waals surface area contributed by atoms with Crippen LogP contribution >= 0.6 is 0 Å². The number of methoxy groups -OCH3 is 1. The first-order valence-corrected chi connectivity index (χ1v) is 5.48. The molecule has 78 valence electrons. The molecule has 4 nitrogen and oxygen atoms in total. The van der Waals surface area contributed by atoms with Gasteiger partial charge in [-0.3, -0.25) is 0 Å². The Balaban J connectivity index is 2.87. The zero-order valence-corrected chi connectivity index (χ0v) is 8.82. The van der Waals surface area contributed by atoms with Crippen LogP contribution in [0.4, 0.5) is 0 Å². The minimum Gasteiger partial charge on any atom is -0.355 e. The second kappa shape index (κ2) is 4.54. The summed E-state index contributed by atoms with van der Waals surface area (Å²) < 4.78 is 32.4. The average molecular weight is 216 g/mol. The van der Waals surface area contributed by atoms with E-state index in [4.69, 9.17) is 8.92 Å². The summed E-state index contributed by atoms with van der Waals surface area (Å²) in [6.45, 7) is 1.51. The van der Waals surface area contributed by atoms with Crippen LogP contribution in [0.3, 0.4) is 0 Å². The second-order valence-electron chi connectivity index (χ2n) is 2.67. The highest BCUT2D eigenvalue weighted by molar-refractivity contribution is 7.86. The largest absolute Gasteiger partial charge is 0.355 e. The Morgan fingerprint density at radius 2 is 1.79 bits per heavy atom. The molecule has 14 heavy (non-hydrogen) atoms. The summed E-state index contributed by atoms with van der Waals surface area (Å²) >= 11 is 0. The Bertz CT molecular complexity index is 371. The normalized spacial score (nSPS) is 13.9. The first-order valence-electron chi connectivity index (χ1n) is 4.07. The van der Waals surface area contributed by atoms with Gasteiger partial charge in [0.1, 0.15) is 0 Å². The molecule has 0 spiro atoms. The first-order chi connectivity index (χ1) is 6.56. The van der Waals surface area contributed by atoms with Crippen LogP contribution < -0.4 is 0 Å². The summed E-state index contributed by atoms with van der Waals surface area (Å²) in [6, 6.07) is 7.94. The lowest BCUT2D eigenvalue weighted by Gasteiger charge is -2.10. The van der Waals surface area contributed by atoms with Crippen LogP contribution in [0.2, 0.25) is 0 Å². The van der Waals surface area contributed by atoms with Gasteiger partial charge in [0, 0.05) is 7.11 Å². The van der Waals surface area contributed by atoms with Gasteiger partial charge < -0.3 is 4.74 Å². The lowest BCUT2D eigenvalue weighted by Crippen LogP contribution is -2.16. The van der Waals surface area contributed by atoms with Crippen molar-refractivity contribution in [2.75, 3.05) is 7.11 Å². The van der Waals surface area contributed by atoms with E-state index in [9.17, 15) is 8.42 Å². The van der Waals surface area contributed by atoms with Crippen LogP contribution in [0.1, 0.15) is 6.92 Å². The van der Waals surface area contributed by atoms with Crippen molar-refractivity contribution in [1.29, 1.82) is 0 Å². The van der Waals surface area contributed by atoms with E-state index in [1.807, 2.05) is 0 Å². The molecule has 0 amide bonds. The molecule has 0 bridgehead atoms. The van der Waals surface area contributed by atoms with Gasteiger partial charge in [-0.05, 0) is 19.1 Å². The van der Waals surface area contributed by atoms with Crippen molar-refractivity contribution >= 4 is 10.1 Å². The van der Waals surface area contributed by atoms with Crippen molar-refractivity contribution in [3.63, 3.8) is 0 Å². The molecule has 5 heteroatoms. The Hall–Kier alpha value is -0.910. The molecular formula is C9H12O4S. The highest BCUT2D eigenvalue weighted by Gasteiger charge is 2.17. The third-order valence-corrected chi connectivity index (χ3v) is 3.00. The third-order valence-electron chi connectivity index (χ3n) is 1.63. The molecule has 0 fully saturated rings. The van der Waals surface area contributed by atoms with Crippen molar-refractivity contribution in [2.45, 2.75) is 18.1 Å². The Labute approximate surface area is 83.6 Å². The van der Waals surface area contributed by atoms with E-state index < -0.39 is 16.4 Å². The fourth-order valence-corrected chi connectivity index (χ4v) is 1.90. The minimum absolute atomic E-state index is 0.129. The van der Waals surface area contributed by atoms with Crippen molar-refractivity contribution in [1.82, 2.24) is 0 Å². The van der Waals surface area contributed by atoms with Crippen molar-refractivity contribution in [3.05, 3.63) is 30.3 Å². The molecule has 1 atom stereocenters. The highest BCUT2D eigenvalue weighted by atomic mass is 32.2. The van der Waals surface area contributed by atoms with E-state index in [-0.39, 0.29) is 4.90 Å². The van der Waals surface area contributed by atoms with Crippen LogP contribution in [-0.4, -0.2) is 21.8 Å². The topological polar surface area (TPSA) is 52.6 Å². The van der Waals surface area contributed by atoms with Crippen molar-refractivity contribution in [2.24, 2.45) is 0 Å². The lowest BCUT2D eigenvalue weighted by atomic mass is 10.4. The van der Waals surface area contributed by atoms with Crippen LogP contribution in [0.15, 0.2) is 35.2 Å². The predicted octanol–water partition coefficient (Wildman–Crippen LogP) is 1.38. The SMILES string of the molecule is COC(C)OS(=O)(=O)c1ccccc1. The summed E-state index contributed by atoms with van der Waals surface area (Å²) in [7, 11) is -2.32. The maximum absolute atomic E-state index is 11.5. The summed E-state index contributed by atoms with van der Waals surface area (Å²) in [6.07, 6.45) is -0.778. The van der Waals surface area contributed by atoms with Gasteiger partial charge in [0.2, 0.25) is 0 Å². The molecule has 0 heterocycles. The second-order valence-corrected chi connectivity index (χ2v) is 4.24. The Morgan fingerprint density at radius 3 is 2.29 bits per heavy atom. The third kappa shape index (κ3) is 2.80. The molecule has 0 aromatic heterocycles. The zero-order chi connectivity index (χ0) is 10.6. The van der Waals surface area contributed by atoms with Gasteiger partial charge >= 0.3 is 0 Å². The minimum atomic E-state index is -3.70. The molecular weight excluding hydrogens is 204 g/mol. The molecule has 1 unspecified atom stereocenters. The Kier molecular flexibility index (Phi) is 3.62. The van der Waals surface area contributed by atoms with Crippen LogP contribution in [0, 0.1) is 0 Å². The van der Waals surface area contributed by atoms with Gasteiger partial charge in [0.15, 0.2) is 6.29 Å². The number of rotatable bonds is 4. The first kappa shape index (κ1) is 11.2. The molecule has 1 rings (SSSR count). The molecule has 0 saturated carbocycles. The molecule has 0 aliphatic carbocycles. The summed E-state index contributed by atoms with van der Waals surface area (Å²) in [5.74, 6) is 0. The van der Waals surface area contributed by atoms with E-state index >= 15 is 0 Å². The smallest absolute Gasteiger partial charge is 0.299 e. The number of hydrogen-bond donors (Lipinski definition) is 0. The fraction of sp³-hybridized carbons (Fsp3) is 0.333. The van der Waals surface area contributed by atoms with Gasteiger partial charge in [0.25, 0.3) is 10.1 Å². The molecule has 0 N–H and O–H groups in total. The van der Waals surface area contributed by atoms with Crippen molar-refractivity contribution in [3.8, 4) is 0 Å².